The van der Waals surface area contributed by atoms with Crippen molar-refractivity contribution < 1.29 is 9.90 Å². The molecule has 1 aliphatic heterocycles. The Labute approximate surface area is 127 Å². The number of carboxylic acids is 1. The molecule has 3 rings (SSSR count). The number of hydrogen-bond acceptors (Lipinski definition) is 5. The number of aliphatic carboxylic acids is 1. The van der Waals surface area contributed by atoms with E-state index in [0.29, 0.717) is 12.8 Å². The molecular weight excluding hydrogens is 286 g/mol. The maximum absolute atomic E-state index is 11.0. The summed E-state index contributed by atoms with van der Waals surface area (Å²) in [5, 5.41) is 9.93. The monoisotopic (exact) mass is 303 g/mol. The standard InChI is InChI=1S/C15H17N3O2S/c19-14(20)12-6-8-18(9-7-12)15-16-13(17-21-15)10-11-4-2-1-3-5-11/h1-5,12H,6-10H2,(H,19,20). The Hall–Kier alpha value is -1.95. The van der Waals surface area contributed by atoms with E-state index in [0.717, 1.165) is 30.5 Å². The van der Waals surface area contributed by atoms with Crippen molar-refractivity contribution in [3.05, 3.63) is 41.7 Å². The van der Waals surface area contributed by atoms with E-state index < -0.39 is 5.97 Å². The molecular formula is C15H17N3O2S. The lowest BCUT2D eigenvalue weighted by molar-refractivity contribution is -0.142. The van der Waals surface area contributed by atoms with E-state index in [1.165, 1.54) is 17.1 Å². The Morgan fingerprint density at radius 3 is 2.67 bits per heavy atom. The van der Waals surface area contributed by atoms with Gasteiger partial charge in [-0.05, 0) is 18.4 Å². The fraction of sp³-hybridized carbons (Fsp3) is 0.400. The Bertz CT molecular complexity index is 606. The Balaban J connectivity index is 1.62. The number of hydrogen-bond donors (Lipinski definition) is 1. The summed E-state index contributed by atoms with van der Waals surface area (Å²) in [6.45, 7) is 1.49. The summed E-state index contributed by atoms with van der Waals surface area (Å²) in [6.07, 6.45) is 2.11. The highest BCUT2D eigenvalue weighted by molar-refractivity contribution is 7.09. The minimum absolute atomic E-state index is 0.210. The van der Waals surface area contributed by atoms with Crippen LogP contribution in [0.3, 0.4) is 0 Å². The maximum Gasteiger partial charge on any atom is 0.306 e. The van der Waals surface area contributed by atoms with Gasteiger partial charge in [-0.25, -0.2) is 4.98 Å². The fourth-order valence-electron chi connectivity index (χ4n) is 2.54. The molecule has 2 aromatic rings. The van der Waals surface area contributed by atoms with E-state index in [4.69, 9.17) is 5.11 Å². The van der Waals surface area contributed by atoms with Gasteiger partial charge in [-0.2, -0.15) is 4.37 Å². The molecule has 0 atom stereocenters. The van der Waals surface area contributed by atoms with Crippen LogP contribution in [0.1, 0.15) is 24.2 Å². The lowest BCUT2D eigenvalue weighted by Gasteiger charge is -2.29. The molecule has 1 saturated heterocycles. The molecule has 0 bridgehead atoms. The van der Waals surface area contributed by atoms with E-state index >= 15 is 0 Å². The highest BCUT2D eigenvalue weighted by atomic mass is 32.1. The SMILES string of the molecule is O=C(O)C1CCN(c2nc(Cc3ccccc3)ns2)CC1. The van der Waals surface area contributed by atoms with Gasteiger partial charge in [-0.1, -0.05) is 30.3 Å². The Kier molecular flexibility index (Phi) is 4.15. The quantitative estimate of drug-likeness (QED) is 0.939. The van der Waals surface area contributed by atoms with Crippen LogP contribution in [-0.4, -0.2) is 33.5 Å². The molecule has 0 aliphatic carbocycles. The van der Waals surface area contributed by atoms with E-state index in [1.807, 2.05) is 18.2 Å². The minimum Gasteiger partial charge on any atom is -0.481 e. The summed E-state index contributed by atoms with van der Waals surface area (Å²) in [5.41, 5.74) is 1.20. The first-order valence-electron chi connectivity index (χ1n) is 7.06. The first-order valence-corrected chi connectivity index (χ1v) is 7.84. The van der Waals surface area contributed by atoms with Crippen LogP contribution in [0.15, 0.2) is 30.3 Å². The molecule has 0 saturated carbocycles. The van der Waals surface area contributed by atoms with Gasteiger partial charge in [0.05, 0.1) is 5.92 Å². The van der Waals surface area contributed by atoms with Crippen molar-refractivity contribution in [2.75, 3.05) is 18.0 Å². The van der Waals surface area contributed by atoms with Gasteiger partial charge in [-0.15, -0.1) is 0 Å². The van der Waals surface area contributed by atoms with Crippen molar-refractivity contribution in [2.45, 2.75) is 19.3 Å². The second-order valence-corrected chi connectivity index (χ2v) is 5.99. The molecule has 5 nitrogen and oxygen atoms in total. The number of anilines is 1. The zero-order chi connectivity index (χ0) is 14.7. The van der Waals surface area contributed by atoms with Crippen LogP contribution in [0.25, 0.3) is 0 Å². The largest absolute Gasteiger partial charge is 0.481 e. The molecule has 0 radical (unpaired) electrons. The molecule has 0 amide bonds. The number of carbonyl (C=O) groups is 1. The number of nitrogens with zero attached hydrogens (tertiary/aromatic N) is 3. The molecule has 1 aliphatic rings. The highest BCUT2D eigenvalue weighted by Crippen LogP contribution is 2.25. The predicted molar refractivity (Wildman–Crippen MR) is 81.7 cm³/mol. The van der Waals surface area contributed by atoms with Gasteiger partial charge in [0.1, 0.15) is 5.82 Å². The molecule has 110 valence electrons. The van der Waals surface area contributed by atoms with Gasteiger partial charge in [0, 0.05) is 31.0 Å². The van der Waals surface area contributed by atoms with Crippen LogP contribution < -0.4 is 4.90 Å². The van der Waals surface area contributed by atoms with Crippen molar-refractivity contribution in [1.82, 2.24) is 9.36 Å². The molecule has 1 aromatic carbocycles. The van der Waals surface area contributed by atoms with Crippen LogP contribution in [0.5, 0.6) is 0 Å². The highest BCUT2D eigenvalue weighted by Gasteiger charge is 2.26. The van der Waals surface area contributed by atoms with E-state index in [-0.39, 0.29) is 5.92 Å². The predicted octanol–water partition coefficient (Wildman–Crippen LogP) is 2.43. The minimum atomic E-state index is -0.684. The van der Waals surface area contributed by atoms with Crippen molar-refractivity contribution in [2.24, 2.45) is 5.92 Å². The number of rotatable bonds is 4. The molecule has 1 aromatic heterocycles. The lowest BCUT2D eigenvalue weighted by Crippen LogP contribution is -2.36. The summed E-state index contributed by atoms with van der Waals surface area (Å²) in [4.78, 5) is 17.7. The molecule has 6 heteroatoms. The van der Waals surface area contributed by atoms with Gasteiger partial charge < -0.3 is 10.0 Å². The Morgan fingerprint density at radius 2 is 2.00 bits per heavy atom. The topological polar surface area (TPSA) is 66.3 Å². The summed E-state index contributed by atoms with van der Waals surface area (Å²) in [5.74, 6) is -0.0591. The Morgan fingerprint density at radius 1 is 1.29 bits per heavy atom. The van der Waals surface area contributed by atoms with Crippen LogP contribution in [0, 0.1) is 5.92 Å². The van der Waals surface area contributed by atoms with E-state index in [2.05, 4.69) is 26.4 Å². The van der Waals surface area contributed by atoms with Crippen molar-refractivity contribution in [1.29, 1.82) is 0 Å². The average molecular weight is 303 g/mol. The average Bonchev–Trinajstić information content (AvgIpc) is 2.97. The van der Waals surface area contributed by atoms with E-state index in [9.17, 15) is 4.79 Å². The van der Waals surface area contributed by atoms with Gasteiger partial charge >= 0.3 is 5.97 Å². The van der Waals surface area contributed by atoms with Crippen LogP contribution in [0.2, 0.25) is 0 Å². The normalized spacial score (nSPS) is 16.1. The fourth-order valence-corrected chi connectivity index (χ4v) is 3.28. The second kappa shape index (κ2) is 6.22. The maximum atomic E-state index is 11.0. The third kappa shape index (κ3) is 3.39. The van der Waals surface area contributed by atoms with Crippen LogP contribution >= 0.6 is 11.5 Å². The van der Waals surface area contributed by atoms with Crippen molar-refractivity contribution >= 4 is 22.6 Å². The van der Waals surface area contributed by atoms with Crippen molar-refractivity contribution in [3.8, 4) is 0 Å². The third-order valence-corrected chi connectivity index (χ3v) is 4.59. The molecule has 21 heavy (non-hydrogen) atoms. The smallest absolute Gasteiger partial charge is 0.306 e. The summed E-state index contributed by atoms with van der Waals surface area (Å²) < 4.78 is 4.41. The molecule has 0 unspecified atom stereocenters. The summed E-state index contributed by atoms with van der Waals surface area (Å²) >= 11 is 1.40. The van der Waals surface area contributed by atoms with Crippen molar-refractivity contribution in [3.63, 3.8) is 0 Å². The van der Waals surface area contributed by atoms with Gasteiger partial charge in [-0.3, -0.25) is 4.79 Å². The zero-order valence-electron chi connectivity index (χ0n) is 11.6. The summed E-state index contributed by atoms with van der Waals surface area (Å²) in [6, 6.07) is 10.2. The number of aromatic nitrogens is 2. The zero-order valence-corrected chi connectivity index (χ0v) is 12.4. The molecule has 0 spiro atoms. The third-order valence-electron chi connectivity index (χ3n) is 3.78. The number of carboxylic acid groups (broad SMARTS) is 1. The van der Waals surface area contributed by atoms with Crippen LogP contribution in [0.4, 0.5) is 5.13 Å². The van der Waals surface area contributed by atoms with Gasteiger partial charge in [0.25, 0.3) is 0 Å². The van der Waals surface area contributed by atoms with Gasteiger partial charge in [0.2, 0.25) is 5.13 Å². The van der Waals surface area contributed by atoms with Crippen LogP contribution in [-0.2, 0) is 11.2 Å². The first kappa shape index (κ1) is 14.0. The van der Waals surface area contributed by atoms with E-state index in [1.54, 1.807) is 0 Å². The first-order chi connectivity index (χ1) is 10.2. The molecule has 1 fully saturated rings. The molecule has 1 N–H and O–H groups in total. The number of benzene rings is 1. The summed E-state index contributed by atoms with van der Waals surface area (Å²) in [7, 11) is 0. The van der Waals surface area contributed by atoms with Gasteiger partial charge in [0.15, 0.2) is 0 Å². The second-order valence-electron chi connectivity index (χ2n) is 5.26. The molecule has 2 heterocycles. The number of piperidine rings is 1. The lowest BCUT2D eigenvalue weighted by atomic mass is 9.98.